The van der Waals surface area contributed by atoms with Crippen molar-refractivity contribution >= 4 is 0 Å². The van der Waals surface area contributed by atoms with E-state index in [-0.39, 0.29) is 0 Å². The minimum absolute atomic E-state index is 0.584. The summed E-state index contributed by atoms with van der Waals surface area (Å²) in [5, 5.41) is 0. The molecule has 0 amide bonds. The molecule has 5 heteroatoms. The van der Waals surface area contributed by atoms with Crippen LogP contribution in [0.4, 0.5) is 0 Å². The fourth-order valence-corrected chi connectivity index (χ4v) is 3.46. The molecule has 0 aliphatic rings. The van der Waals surface area contributed by atoms with Gasteiger partial charge in [0.25, 0.3) is 0 Å². The molecule has 0 saturated heterocycles. The van der Waals surface area contributed by atoms with Gasteiger partial charge in [-0.25, -0.2) is 0 Å². The first kappa shape index (κ1) is 20.4. The third kappa shape index (κ3) is 5.05. The molecule has 2 aromatic rings. The highest BCUT2D eigenvalue weighted by Gasteiger charge is 2.14. The fraction of sp³-hybridized carbons (Fsp3) is 0.429. The van der Waals surface area contributed by atoms with Crippen molar-refractivity contribution in [2.45, 2.75) is 25.7 Å². The first-order valence-electron chi connectivity index (χ1n) is 9.30. The first-order valence-corrected chi connectivity index (χ1v) is 9.30. The van der Waals surface area contributed by atoms with Crippen LogP contribution >= 0.6 is 0 Å². The molecule has 0 fully saturated rings. The van der Waals surface area contributed by atoms with E-state index in [0.717, 1.165) is 31.4 Å². The van der Waals surface area contributed by atoms with Gasteiger partial charge in [-0.2, -0.15) is 0 Å². The average Bonchev–Trinajstić information content (AvgIpc) is 2.62. The highest BCUT2D eigenvalue weighted by Crippen LogP contribution is 2.34. The molecular weight excluding hydrogens is 324 g/mol. The van der Waals surface area contributed by atoms with Crippen LogP contribution in [0.1, 0.15) is 22.3 Å². The molecule has 5 nitrogen and oxygen atoms in total. The van der Waals surface area contributed by atoms with Crippen molar-refractivity contribution in [1.82, 2.24) is 0 Å². The molecule has 0 aliphatic heterocycles. The van der Waals surface area contributed by atoms with Gasteiger partial charge in [0.15, 0.2) is 0 Å². The van der Waals surface area contributed by atoms with Gasteiger partial charge in [0, 0.05) is 0 Å². The van der Waals surface area contributed by atoms with E-state index in [1.54, 1.807) is 7.11 Å². The first-order chi connectivity index (χ1) is 12.7. The zero-order chi connectivity index (χ0) is 18.9. The van der Waals surface area contributed by atoms with Gasteiger partial charge >= 0.3 is 0 Å². The van der Waals surface area contributed by atoms with Gasteiger partial charge in [0.2, 0.25) is 0 Å². The number of benzene rings is 2. The average molecular weight is 357 g/mol. The highest BCUT2D eigenvalue weighted by molar-refractivity contribution is 5.74. The summed E-state index contributed by atoms with van der Waals surface area (Å²) in [6.45, 7) is 2.42. The number of hydrogen-bond donors (Lipinski definition) is 4. The minimum atomic E-state index is 0.584. The molecule has 0 unspecified atom stereocenters. The second kappa shape index (κ2) is 10.3. The van der Waals surface area contributed by atoms with Crippen molar-refractivity contribution in [1.29, 1.82) is 0 Å². The Labute approximate surface area is 156 Å². The summed E-state index contributed by atoms with van der Waals surface area (Å²) in [6.07, 6.45) is 3.27. The molecule has 2 aromatic carbocycles. The molecule has 0 radical (unpaired) electrons. The van der Waals surface area contributed by atoms with E-state index in [4.69, 9.17) is 27.7 Å². The number of hydrogen-bond acceptors (Lipinski definition) is 5. The van der Waals surface area contributed by atoms with Crippen molar-refractivity contribution in [3.05, 3.63) is 52.6 Å². The zero-order valence-electron chi connectivity index (χ0n) is 15.8. The maximum Gasteiger partial charge on any atom is 0.119 e. The summed E-state index contributed by atoms with van der Waals surface area (Å²) in [7, 11) is 1.69. The van der Waals surface area contributed by atoms with Crippen LogP contribution in [0, 0.1) is 0 Å². The molecule has 0 aromatic heterocycles. The van der Waals surface area contributed by atoms with Crippen LogP contribution in [0.25, 0.3) is 11.1 Å². The van der Waals surface area contributed by atoms with E-state index in [1.807, 2.05) is 0 Å². The standard InChI is InChI=1S/C21H32N4O/c1-26-20-13-17(4-8-24)21(18(14-20)5-9-25)19-11-15(2-6-22)10-16(12-19)3-7-23/h10-14H,2-9,22-25H2,1H3. The van der Waals surface area contributed by atoms with Crippen molar-refractivity contribution in [3.8, 4) is 16.9 Å². The normalized spacial score (nSPS) is 11.0. The monoisotopic (exact) mass is 356 g/mol. The molecule has 0 saturated carbocycles. The summed E-state index contributed by atoms with van der Waals surface area (Å²) in [5.41, 5.74) is 30.6. The smallest absolute Gasteiger partial charge is 0.119 e. The molecule has 0 atom stereocenters. The van der Waals surface area contributed by atoms with Crippen LogP contribution < -0.4 is 27.7 Å². The molecule has 0 aliphatic carbocycles. The zero-order valence-corrected chi connectivity index (χ0v) is 15.8. The van der Waals surface area contributed by atoms with E-state index in [2.05, 4.69) is 30.3 Å². The molecule has 0 spiro atoms. The van der Waals surface area contributed by atoms with Crippen LogP contribution in [0.2, 0.25) is 0 Å². The van der Waals surface area contributed by atoms with Crippen LogP contribution in [-0.4, -0.2) is 33.3 Å². The Morgan fingerprint density at radius 3 is 1.50 bits per heavy atom. The Morgan fingerprint density at radius 1 is 0.654 bits per heavy atom. The molecule has 2 rings (SSSR count). The number of methoxy groups -OCH3 is 1. The number of nitrogens with two attached hydrogens (primary N) is 4. The lowest BCUT2D eigenvalue weighted by molar-refractivity contribution is 0.414. The molecule has 142 valence electrons. The highest BCUT2D eigenvalue weighted by atomic mass is 16.5. The van der Waals surface area contributed by atoms with Crippen LogP contribution in [0.15, 0.2) is 30.3 Å². The molecule has 0 bridgehead atoms. The van der Waals surface area contributed by atoms with Crippen LogP contribution in [0.5, 0.6) is 5.75 Å². The van der Waals surface area contributed by atoms with Crippen molar-refractivity contribution in [2.75, 3.05) is 33.3 Å². The van der Waals surface area contributed by atoms with Crippen LogP contribution in [0.3, 0.4) is 0 Å². The quantitative estimate of drug-likeness (QED) is 0.513. The molecule has 0 heterocycles. The third-order valence-corrected chi connectivity index (χ3v) is 4.55. The Morgan fingerprint density at radius 2 is 1.12 bits per heavy atom. The van der Waals surface area contributed by atoms with Gasteiger partial charge in [-0.15, -0.1) is 0 Å². The van der Waals surface area contributed by atoms with E-state index >= 15 is 0 Å². The SMILES string of the molecule is COc1cc(CCN)c(-c2cc(CCN)cc(CCN)c2)c(CCN)c1. The summed E-state index contributed by atoms with van der Waals surface area (Å²) in [5.74, 6) is 0.848. The number of ether oxygens (including phenoxy) is 1. The topological polar surface area (TPSA) is 113 Å². The Kier molecular flexibility index (Phi) is 8.06. The fourth-order valence-electron chi connectivity index (χ4n) is 3.46. The predicted molar refractivity (Wildman–Crippen MR) is 109 cm³/mol. The largest absolute Gasteiger partial charge is 0.497 e. The van der Waals surface area contributed by atoms with Gasteiger partial charge in [0.1, 0.15) is 5.75 Å². The summed E-state index contributed by atoms with van der Waals surface area (Å²) >= 11 is 0. The second-order valence-corrected chi connectivity index (χ2v) is 6.51. The third-order valence-electron chi connectivity index (χ3n) is 4.55. The van der Waals surface area contributed by atoms with Gasteiger partial charge in [0.05, 0.1) is 7.11 Å². The minimum Gasteiger partial charge on any atom is -0.497 e. The maximum absolute atomic E-state index is 5.88. The van der Waals surface area contributed by atoms with Crippen molar-refractivity contribution < 1.29 is 4.74 Å². The van der Waals surface area contributed by atoms with E-state index in [9.17, 15) is 0 Å². The summed E-state index contributed by atoms with van der Waals surface area (Å²) in [6, 6.07) is 10.8. The van der Waals surface area contributed by atoms with Gasteiger partial charge in [-0.3, -0.25) is 0 Å². The Balaban J connectivity index is 2.67. The van der Waals surface area contributed by atoms with Gasteiger partial charge in [-0.1, -0.05) is 18.2 Å². The van der Waals surface area contributed by atoms with Gasteiger partial charge in [-0.05, 0) is 97.4 Å². The van der Waals surface area contributed by atoms with E-state index in [1.165, 1.54) is 33.4 Å². The molecule has 8 N–H and O–H groups in total. The van der Waals surface area contributed by atoms with Gasteiger partial charge < -0.3 is 27.7 Å². The lowest BCUT2D eigenvalue weighted by Crippen LogP contribution is -2.10. The van der Waals surface area contributed by atoms with Crippen molar-refractivity contribution in [3.63, 3.8) is 0 Å². The summed E-state index contributed by atoms with van der Waals surface area (Å²) < 4.78 is 5.49. The van der Waals surface area contributed by atoms with Crippen LogP contribution in [-0.2, 0) is 25.7 Å². The second-order valence-electron chi connectivity index (χ2n) is 6.51. The van der Waals surface area contributed by atoms with E-state index < -0.39 is 0 Å². The number of rotatable bonds is 10. The summed E-state index contributed by atoms with van der Waals surface area (Å²) in [4.78, 5) is 0. The van der Waals surface area contributed by atoms with E-state index in [0.29, 0.717) is 26.2 Å². The Hall–Kier alpha value is -1.92. The lowest BCUT2D eigenvalue weighted by Gasteiger charge is -2.19. The molecule has 26 heavy (non-hydrogen) atoms. The van der Waals surface area contributed by atoms with Crippen molar-refractivity contribution in [2.24, 2.45) is 22.9 Å². The Bertz CT molecular complexity index is 664. The molecular formula is C21H32N4O. The lowest BCUT2D eigenvalue weighted by atomic mass is 9.88. The predicted octanol–water partition coefficient (Wildman–Crippen LogP) is 1.37. The maximum atomic E-state index is 5.88.